The van der Waals surface area contributed by atoms with Crippen molar-refractivity contribution >= 4 is 11.6 Å². The molecule has 0 bridgehead atoms. The maximum absolute atomic E-state index is 5.93. The number of rotatable bonds is 7. The van der Waals surface area contributed by atoms with Crippen LogP contribution in [0.2, 0.25) is 5.02 Å². The number of aromatic nitrogens is 2. The molecule has 6 heteroatoms. The monoisotopic (exact) mass is 420 g/mol. The van der Waals surface area contributed by atoms with Gasteiger partial charge in [0.1, 0.15) is 29.7 Å². The first-order valence-electron chi connectivity index (χ1n) is 9.41. The van der Waals surface area contributed by atoms with Crippen LogP contribution in [0.15, 0.2) is 72.9 Å². The van der Waals surface area contributed by atoms with Crippen molar-refractivity contribution in [2.45, 2.75) is 6.61 Å². The summed E-state index contributed by atoms with van der Waals surface area (Å²) in [6.45, 7) is 0.448. The van der Waals surface area contributed by atoms with E-state index in [-0.39, 0.29) is 0 Å². The molecule has 0 saturated carbocycles. The van der Waals surface area contributed by atoms with Crippen LogP contribution in [0.3, 0.4) is 0 Å². The minimum absolute atomic E-state index is 0.448. The van der Waals surface area contributed by atoms with E-state index < -0.39 is 0 Å². The van der Waals surface area contributed by atoms with Gasteiger partial charge in [-0.2, -0.15) is 0 Å². The quantitative estimate of drug-likeness (QED) is 0.398. The van der Waals surface area contributed by atoms with E-state index in [0.717, 1.165) is 39.7 Å². The van der Waals surface area contributed by atoms with Gasteiger partial charge in [-0.15, -0.1) is 0 Å². The van der Waals surface area contributed by atoms with Gasteiger partial charge in [0.2, 0.25) is 0 Å². The highest BCUT2D eigenvalue weighted by Crippen LogP contribution is 2.34. The van der Waals surface area contributed by atoms with Crippen molar-refractivity contribution in [2.24, 2.45) is 0 Å². The first-order chi connectivity index (χ1) is 14.7. The van der Waals surface area contributed by atoms with Gasteiger partial charge >= 0.3 is 0 Å². The molecule has 3 aromatic carbocycles. The maximum Gasteiger partial charge on any atom is 0.137 e. The van der Waals surface area contributed by atoms with Crippen LogP contribution in [-0.4, -0.2) is 24.2 Å². The Morgan fingerprint density at radius 2 is 1.73 bits per heavy atom. The molecular weight excluding hydrogens is 400 g/mol. The number of ether oxygens (including phenoxy) is 3. The number of H-pyrrole nitrogens is 1. The van der Waals surface area contributed by atoms with Crippen LogP contribution in [-0.2, 0) is 6.61 Å². The Balaban J connectivity index is 1.54. The highest BCUT2D eigenvalue weighted by Gasteiger charge is 2.12. The predicted molar refractivity (Wildman–Crippen MR) is 118 cm³/mol. The van der Waals surface area contributed by atoms with Crippen LogP contribution in [0.1, 0.15) is 5.56 Å². The number of imidazole rings is 1. The predicted octanol–water partition coefficient (Wildman–Crippen LogP) is 5.99. The molecule has 0 unspecified atom stereocenters. The van der Waals surface area contributed by atoms with Crippen LogP contribution in [0, 0.1) is 0 Å². The lowest BCUT2D eigenvalue weighted by Crippen LogP contribution is -1.96. The molecule has 0 fully saturated rings. The summed E-state index contributed by atoms with van der Waals surface area (Å²) in [5, 5.41) is 0.706. The Hall–Kier alpha value is -3.44. The normalized spacial score (nSPS) is 10.6. The van der Waals surface area contributed by atoms with E-state index in [1.807, 2.05) is 66.7 Å². The molecule has 152 valence electrons. The van der Waals surface area contributed by atoms with Crippen molar-refractivity contribution in [3.63, 3.8) is 0 Å². The van der Waals surface area contributed by atoms with Crippen LogP contribution < -0.4 is 14.2 Å². The highest BCUT2D eigenvalue weighted by molar-refractivity contribution is 6.30. The fourth-order valence-electron chi connectivity index (χ4n) is 3.11. The minimum atomic E-state index is 0.448. The van der Waals surface area contributed by atoms with Crippen molar-refractivity contribution < 1.29 is 14.2 Å². The first-order valence-corrected chi connectivity index (χ1v) is 9.79. The second-order valence-corrected chi connectivity index (χ2v) is 7.09. The van der Waals surface area contributed by atoms with Gasteiger partial charge in [0.15, 0.2) is 0 Å². The van der Waals surface area contributed by atoms with Gasteiger partial charge in [-0.3, -0.25) is 0 Å². The van der Waals surface area contributed by atoms with Crippen LogP contribution in [0.25, 0.3) is 22.6 Å². The number of hydrogen-bond acceptors (Lipinski definition) is 4. The molecule has 4 aromatic rings. The Morgan fingerprint density at radius 3 is 2.50 bits per heavy atom. The van der Waals surface area contributed by atoms with Crippen LogP contribution in [0.5, 0.6) is 17.2 Å². The smallest absolute Gasteiger partial charge is 0.137 e. The van der Waals surface area contributed by atoms with Gasteiger partial charge in [-0.1, -0.05) is 35.9 Å². The summed E-state index contributed by atoms with van der Waals surface area (Å²) >= 11 is 5.93. The summed E-state index contributed by atoms with van der Waals surface area (Å²) in [5.41, 5.74) is 3.74. The van der Waals surface area contributed by atoms with E-state index in [1.165, 1.54) is 0 Å². The number of nitrogens with one attached hydrogen (secondary N) is 1. The molecule has 1 aromatic heterocycles. The van der Waals surface area contributed by atoms with Crippen molar-refractivity contribution in [3.8, 4) is 39.9 Å². The molecule has 0 aliphatic heterocycles. The van der Waals surface area contributed by atoms with Gasteiger partial charge < -0.3 is 19.2 Å². The van der Waals surface area contributed by atoms with E-state index in [1.54, 1.807) is 20.4 Å². The van der Waals surface area contributed by atoms with Crippen molar-refractivity contribution in [2.75, 3.05) is 14.2 Å². The van der Waals surface area contributed by atoms with E-state index in [0.29, 0.717) is 17.4 Å². The van der Waals surface area contributed by atoms with Gasteiger partial charge in [0, 0.05) is 22.2 Å². The second kappa shape index (κ2) is 8.93. The third kappa shape index (κ3) is 4.42. The largest absolute Gasteiger partial charge is 0.497 e. The van der Waals surface area contributed by atoms with Gasteiger partial charge in [0.05, 0.1) is 26.1 Å². The van der Waals surface area contributed by atoms with Gasteiger partial charge in [0.25, 0.3) is 0 Å². The van der Waals surface area contributed by atoms with Crippen molar-refractivity contribution in [3.05, 3.63) is 83.5 Å². The fraction of sp³-hybridized carbons (Fsp3) is 0.125. The lowest BCUT2D eigenvalue weighted by Gasteiger charge is -2.11. The summed E-state index contributed by atoms with van der Waals surface area (Å²) < 4.78 is 16.8. The Labute approximate surface area is 180 Å². The molecule has 0 spiro atoms. The van der Waals surface area contributed by atoms with Crippen LogP contribution in [0.4, 0.5) is 0 Å². The molecule has 1 N–H and O–H groups in total. The molecular formula is C24H21ClN2O3. The van der Waals surface area contributed by atoms with E-state index in [4.69, 9.17) is 25.8 Å². The van der Waals surface area contributed by atoms with E-state index in [9.17, 15) is 0 Å². The maximum atomic E-state index is 5.93. The summed E-state index contributed by atoms with van der Waals surface area (Å²) in [6, 6.07) is 21.1. The topological polar surface area (TPSA) is 56.4 Å². The third-order valence-corrected chi connectivity index (χ3v) is 4.95. The average Bonchev–Trinajstić information content (AvgIpc) is 3.28. The molecule has 0 aliphatic carbocycles. The van der Waals surface area contributed by atoms with Crippen molar-refractivity contribution in [1.82, 2.24) is 9.97 Å². The lowest BCUT2D eigenvalue weighted by molar-refractivity contribution is 0.304. The zero-order valence-corrected chi connectivity index (χ0v) is 17.4. The second-order valence-electron chi connectivity index (χ2n) is 6.65. The summed E-state index contributed by atoms with van der Waals surface area (Å²) in [6.07, 6.45) is 1.79. The Kier molecular flexibility index (Phi) is 5.91. The van der Waals surface area contributed by atoms with Crippen molar-refractivity contribution in [1.29, 1.82) is 0 Å². The van der Waals surface area contributed by atoms with Gasteiger partial charge in [-0.25, -0.2) is 4.98 Å². The number of nitrogens with zero attached hydrogens (tertiary/aromatic N) is 1. The molecule has 1 heterocycles. The van der Waals surface area contributed by atoms with E-state index >= 15 is 0 Å². The summed E-state index contributed by atoms with van der Waals surface area (Å²) in [7, 11) is 3.29. The third-order valence-electron chi connectivity index (χ3n) is 4.70. The molecule has 5 nitrogen and oxygen atoms in total. The number of hydrogen-bond donors (Lipinski definition) is 1. The Bertz CT molecular complexity index is 1140. The summed E-state index contributed by atoms with van der Waals surface area (Å²) in [4.78, 5) is 7.86. The Morgan fingerprint density at radius 1 is 0.900 bits per heavy atom. The number of benzene rings is 3. The van der Waals surface area contributed by atoms with Crippen LogP contribution >= 0.6 is 11.6 Å². The number of halogens is 1. The number of methoxy groups -OCH3 is 2. The van der Waals surface area contributed by atoms with Gasteiger partial charge in [-0.05, 0) is 42.0 Å². The molecule has 0 atom stereocenters. The van der Waals surface area contributed by atoms with E-state index in [2.05, 4.69) is 9.97 Å². The SMILES string of the molecule is COc1cccc(-c2ncc(-c3ccc(OCc4ccc(Cl)cc4)cc3OC)[nH]2)c1. The highest BCUT2D eigenvalue weighted by atomic mass is 35.5. The first kappa shape index (κ1) is 19.9. The molecule has 0 amide bonds. The fourth-order valence-corrected chi connectivity index (χ4v) is 3.23. The molecule has 30 heavy (non-hydrogen) atoms. The zero-order chi connectivity index (χ0) is 20.9. The average molecular weight is 421 g/mol. The molecule has 4 rings (SSSR count). The standard InChI is InChI=1S/C24H21ClN2O3/c1-28-19-5-3-4-17(12-19)24-26-14-22(27-24)21-11-10-20(13-23(21)29-2)30-15-16-6-8-18(25)9-7-16/h3-14H,15H2,1-2H3,(H,26,27). The molecule has 0 radical (unpaired) electrons. The summed E-state index contributed by atoms with van der Waals surface area (Å²) in [5.74, 6) is 2.96. The molecule has 0 saturated heterocycles. The lowest BCUT2D eigenvalue weighted by atomic mass is 10.1. The zero-order valence-electron chi connectivity index (χ0n) is 16.7. The molecule has 0 aliphatic rings. The minimum Gasteiger partial charge on any atom is -0.497 e. The number of aromatic amines is 1.